The third kappa shape index (κ3) is 4.16. The summed E-state index contributed by atoms with van der Waals surface area (Å²) in [5.41, 5.74) is 11.1. The van der Waals surface area contributed by atoms with Crippen molar-refractivity contribution in [3.63, 3.8) is 0 Å². The van der Waals surface area contributed by atoms with Crippen LogP contribution in [0.4, 0.5) is 11.4 Å². The van der Waals surface area contributed by atoms with E-state index in [4.69, 9.17) is 9.98 Å². The minimum atomic E-state index is 0.367. The van der Waals surface area contributed by atoms with Crippen molar-refractivity contribution in [1.29, 1.82) is 0 Å². The summed E-state index contributed by atoms with van der Waals surface area (Å²) in [5, 5.41) is 2.45. The van der Waals surface area contributed by atoms with E-state index < -0.39 is 0 Å². The van der Waals surface area contributed by atoms with Crippen molar-refractivity contribution < 1.29 is 0 Å². The van der Waals surface area contributed by atoms with Crippen LogP contribution in [0.3, 0.4) is 0 Å². The van der Waals surface area contributed by atoms with Gasteiger partial charge in [-0.1, -0.05) is 131 Å². The molecule has 1 aliphatic rings. The van der Waals surface area contributed by atoms with Crippen molar-refractivity contribution in [1.82, 2.24) is 0 Å². The second kappa shape index (κ2) is 9.87. The molecule has 2 nitrogen and oxygen atoms in total. The first-order valence-corrected chi connectivity index (χ1v) is 13.5. The second-order valence-electron chi connectivity index (χ2n) is 10.6. The van der Waals surface area contributed by atoms with Gasteiger partial charge in [-0.2, -0.15) is 0 Å². The van der Waals surface area contributed by atoms with Crippen LogP contribution in [-0.2, 0) is 0 Å². The lowest BCUT2D eigenvalue weighted by Gasteiger charge is -2.17. The first-order valence-electron chi connectivity index (χ1n) is 13.5. The predicted molar refractivity (Wildman–Crippen MR) is 163 cm³/mol. The van der Waals surface area contributed by atoms with Gasteiger partial charge in [0.25, 0.3) is 0 Å². The van der Waals surface area contributed by atoms with E-state index in [9.17, 15) is 0 Å². The maximum atomic E-state index is 5.51. The van der Waals surface area contributed by atoms with Crippen LogP contribution in [0.2, 0.25) is 0 Å². The Hall–Kier alpha value is -4.30. The number of benzene rings is 5. The third-order valence-corrected chi connectivity index (χ3v) is 7.43. The van der Waals surface area contributed by atoms with E-state index in [0.717, 1.165) is 45.1 Å². The lowest BCUT2D eigenvalue weighted by Crippen LogP contribution is -2.11. The number of rotatable bonds is 5. The summed E-state index contributed by atoms with van der Waals surface area (Å²) in [5.74, 6) is 0.735. The largest absolute Gasteiger partial charge is 0.245 e. The monoisotopic (exact) mass is 492 g/mol. The molecule has 0 amide bonds. The van der Waals surface area contributed by atoms with E-state index in [-0.39, 0.29) is 0 Å². The van der Waals surface area contributed by atoms with Crippen LogP contribution in [-0.4, -0.2) is 11.4 Å². The normalized spacial score (nSPS) is 14.9. The van der Waals surface area contributed by atoms with Crippen LogP contribution < -0.4 is 0 Å². The second-order valence-corrected chi connectivity index (χ2v) is 10.6. The lowest BCUT2D eigenvalue weighted by atomic mass is 9.92. The average molecular weight is 493 g/mol. The van der Waals surface area contributed by atoms with Gasteiger partial charge in [0, 0.05) is 22.1 Å². The summed E-state index contributed by atoms with van der Waals surface area (Å²) in [4.78, 5) is 10.9. The molecule has 0 heterocycles. The molecule has 0 atom stereocenters. The summed E-state index contributed by atoms with van der Waals surface area (Å²) in [7, 11) is 0. The summed E-state index contributed by atoms with van der Waals surface area (Å²) in [6.07, 6.45) is 0. The summed E-state index contributed by atoms with van der Waals surface area (Å²) >= 11 is 0. The Morgan fingerprint density at radius 1 is 0.474 bits per heavy atom. The predicted octanol–water partition coefficient (Wildman–Crippen LogP) is 10.0. The van der Waals surface area contributed by atoms with Gasteiger partial charge in [-0.3, -0.25) is 0 Å². The number of para-hydroxylation sites is 2. The van der Waals surface area contributed by atoms with Gasteiger partial charge < -0.3 is 0 Å². The molecule has 186 valence electrons. The minimum Gasteiger partial charge on any atom is -0.245 e. The van der Waals surface area contributed by atoms with Crippen LogP contribution in [0, 0.1) is 0 Å². The van der Waals surface area contributed by atoms with E-state index in [1.807, 2.05) is 0 Å². The van der Waals surface area contributed by atoms with Crippen molar-refractivity contribution >= 4 is 33.6 Å². The zero-order chi connectivity index (χ0) is 26.2. The number of hydrogen-bond acceptors (Lipinski definition) is 2. The summed E-state index contributed by atoms with van der Waals surface area (Å²) < 4.78 is 0. The van der Waals surface area contributed by atoms with Crippen molar-refractivity contribution in [3.8, 4) is 11.1 Å². The fourth-order valence-corrected chi connectivity index (χ4v) is 5.52. The van der Waals surface area contributed by atoms with Gasteiger partial charge in [0.1, 0.15) is 0 Å². The van der Waals surface area contributed by atoms with Crippen LogP contribution in [0.1, 0.15) is 61.8 Å². The molecule has 0 aromatic heterocycles. The number of hydrogen-bond donors (Lipinski definition) is 0. The average Bonchev–Trinajstić information content (AvgIpc) is 3.23. The van der Waals surface area contributed by atoms with Crippen LogP contribution in [0.15, 0.2) is 119 Å². The SMILES string of the molecule is CC(C)c1cccc(C(C)C)c1N=C1C(=Nc2ccccc2-c2ccccc2)c2cccc3cccc1c23. The van der Waals surface area contributed by atoms with Gasteiger partial charge in [0.15, 0.2) is 0 Å². The molecule has 5 aromatic rings. The van der Waals surface area contributed by atoms with Gasteiger partial charge in [0.05, 0.1) is 22.8 Å². The van der Waals surface area contributed by atoms with Crippen LogP contribution in [0.5, 0.6) is 0 Å². The minimum absolute atomic E-state index is 0.367. The first kappa shape index (κ1) is 24.1. The van der Waals surface area contributed by atoms with Crippen LogP contribution >= 0.6 is 0 Å². The van der Waals surface area contributed by atoms with Crippen molar-refractivity contribution in [2.45, 2.75) is 39.5 Å². The van der Waals surface area contributed by atoms with E-state index in [1.165, 1.54) is 21.9 Å². The van der Waals surface area contributed by atoms with E-state index in [2.05, 4.69) is 137 Å². The Balaban J connectivity index is 1.65. The fourth-order valence-electron chi connectivity index (χ4n) is 5.52. The molecule has 1 aliphatic carbocycles. The molecule has 2 heteroatoms. The van der Waals surface area contributed by atoms with Gasteiger partial charge in [-0.05, 0) is 40.0 Å². The molecule has 38 heavy (non-hydrogen) atoms. The Kier molecular flexibility index (Phi) is 6.25. The Bertz CT molecular complexity index is 1670. The van der Waals surface area contributed by atoms with Crippen molar-refractivity contribution in [2.75, 3.05) is 0 Å². The van der Waals surface area contributed by atoms with Crippen molar-refractivity contribution in [2.24, 2.45) is 9.98 Å². The van der Waals surface area contributed by atoms with Crippen molar-refractivity contribution in [3.05, 3.63) is 131 Å². The topological polar surface area (TPSA) is 24.7 Å². The molecule has 0 saturated heterocycles. The Labute approximate surface area is 225 Å². The summed E-state index contributed by atoms with van der Waals surface area (Å²) in [6.45, 7) is 8.99. The smallest absolute Gasteiger partial charge is 0.0979 e. The fraction of sp³-hybridized carbons (Fsp3) is 0.167. The highest BCUT2D eigenvalue weighted by Crippen LogP contribution is 2.40. The first-order chi connectivity index (χ1) is 18.5. The van der Waals surface area contributed by atoms with E-state index in [1.54, 1.807) is 0 Å². The zero-order valence-electron chi connectivity index (χ0n) is 22.4. The molecule has 6 rings (SSSR count). The third-order valence-electron chi connectivity index (χ3n) is 7.43. The van der Waals surface area contributed by atoms with E-state index >= 15 is 0 Å². The highest BCUT2D eigenvalue weighted by Gasteiger charge is 2.28. The van der Waals surface area contributed by atoms with Gasteiger partial charge in [-0.25, -0.2) is 9.98 Å². The molecule has 5 aromatic carbocycles. The number of nitrogens with zero attached hydrogens (tertiary/aromatic N) is 2. The molecule has 0 bridgehead atoms. The van der Waals surface area contributed by atoms with Crippen LogP contribution in [0.25, 0.3) is 21.9 Å². The highest BCUT2D eigenvalue weighted by atomic mass is 14.8. The van der Waals surface area contributed by atoms with E-state index in [0.29, 0.717) is 11.8 Å². The summed E-state index contributed by atoms with van der Waals surface area (Å²) in [6, 6.07) is 38.5. The standard InChI is InChI=1S/C36H32N2/c1-23(2)27-18-12-19-28(24(3)4)34(27)38-36-31-21-11-16-26-15-10-20-30(33(26)31)35(36)37-32-22-9-8-17-29(32)25-13-6-5-7-14-25/h5-24H,1-4H3. The molecule has 0 N–H and O–H groups in total. The molecule has 0 fully saturated rings. The quantitative estimate of drug-likeness (QED) is 0.233. The maximum Gasteiger partial charge on any atom is 0.0979 e. The molecule has 0 spiro atoms. The van der Waals surface area contributed by atoms with Gasteiger partial charge in [0.2, 0.25) is 0 Å². The highest BCUT2D eigenvalue weighted by molar-refractivity contribution is 6.61. The van der Waals surface area contributed by atoms with Gasteiger partial charge >= 0.3 is 0 Å². The lowest BCUT2D eigenvalue weighted by molar-refractivity contribution is 0.835. The van der Waals surface area contributed by atoms with Gasteiger partial charge in [-0.15, -0.1) is 0 Å². The Morgan fingerprint density at radius 3 is 1.63 bits per heavy atom. The maximum absolute atomic E-state index is 5.51. The molecule has 0 unspecified atom stereocenters. The molecular formula is C36H32N2. The number of aliphatic imine (C=N–C) groups is 2. The molecule has 0 saturated carbocycles. The zero-order valence-corrected chi connectivity index (χ0v) is 22.4. The molecule has 0 aliphatic heterocycles. The molecule has 0 radical (unpaired) electrons. The molecular weight excluding hydrogens is 460 g/mol. The Morgan fingerprint density at radius 2 is 1.00 bits per heavy atom.